The smallest absolute Gasteiger partial charge is 0.174 e. The first kappa shape index (κ1) is 14.4. The summed E-state index contributed by atoms with van der Waals surface area (Å²) in [7, 11) is 0. The molecular formula is C16H12FN3O. The Morgan fingerprint density at radius 1 is 1.14 bits per heavy atom. The Morgan fingerprint density at radius 2 is 2.00 bits per heavy atom. The van der Waals surface area contributed by atoms with E-state index in [0.717, 1.165) is 11.3 Å². The normalized spacial score (nSPS) is 9.48. The van der Waals surface area contributed by atoms with Gasteiger partial charge in [0.05, 0.1) is 5.56 Å². The van der Waals surface area contributed by atoms with Crippen LogP contribution in [0.25, 0.3) is 0 Å². The zero-order valence-electron chi connectivity index (χ0n) is 11.1. The van der Waals surface area contributed by atoms with Crippen LogP contribution in [0.3, 0.4) is 0 Å². The van der Waals surface area contributed by atoms with Crippen LogP contribution in [0.2, 0.25) is 0 Å². The molecule has 21 heavy (non-hydrogen) atoms. The summed E-state index contributed by atoms with van der Waals surface area (Å²) in [6, 6.07) is 15.3. The third-order valence-electron chi connectivity index (χ3n) is 2.79. The third kappa shape index (κ3) is 3.95. The Hall–Kier alpha value is -3.05. The molecule has 0 bridgehead atoms. The van der Waals surface area contributed by atoms with E-state index in [1.54, 1.807) is 24.3 Å². The van der Waals surface area contributed by atoms with Gasteiger partial charge in [-0.2, -0.15) is 10.5 Å². The van der Waals surface area contributed by atoms with E-state index >= 15 is 0 Å². The molecule has 0 aromatic heterocycles. The first-order chi connectivity index (χ1) is 10.2. The van der Waals surface area contributed by atoms with Gasteiger partial charge in [-0.25, -0.2) is 4.39 Å². The van der Waals surface area contributed by atoms with Crippen LogP contribution in [0.15, 0.2) is 42.5 Å². The maximum atomic E-state index is 13.2. The fourth-order valence-corrected chi connectivity index (χ4v) is 1.78. The van der Waals surface area contributed by atoms with Crippen LogP contribution < -0.4 is 10.1 Å². The predicted octanol–water partition coefficient (Wildman–Crippen LogP) is 3.21. The van der Waals surface area contributed by atoms with Gasteiger partial charge in [0.2, 0.25) is 0 Å². The van der Waals surface area contributed by atoms with E-state index in [9.17, 15) is 4.39 Å². The number of rotatable bonds is 5. The minimum Gasteiger partial charge on any atom is -0.479 e. The van der Waals surface area contributed by atoms with Gasteiger partial charge in [0.1, 0.15) is 23.7 Å². The van der Waals surface area contributed by atoms with Crippen LogP contribution >= 0.6 is 0 Å². The van der Waals surface area contributed by atoms with Crippen molar-refractivity contribution < 1.29 is 9.13 Å². The molecule has 4 nitrogen and oxygen atoms in total. The number of halogens is 1. The molecule has 0 saturated carbocycles. The average molecular weight is 281 g/mol. The third-order valence-corrected chi connectivity index (χ3v) is 2.79. The summed E-state index contributed by atoms with van der Waals surface area (Å²) in [6.07, 6.45) is 0. The zero-order chi connectivity index (χ0) is 15.1. The van der Waals surface area contributed by atoms with Crippen molar-refractivity contribution in [3.05, 3.63) is 59.4 Å². The van der Waals surface area contributed by atoms with Crippen molar-refractivity contribution in [1.82, 2.24) is 0 Å². The van der Waals surface area contributed by atoms with Crippen LogP contribution in [0.4, 0.5) is 10.1 Å². The van der Waals surface area contributed by atoms with Gasteiger partial charge < -0.3 is 10.1 Å². The number of nitriles is 2. The largest absolute Gasteiger partial charge is 0.479 e. The highest BCUT2D eigenvalue weighted by atomic mass is 19.1. The molecule has 0 unspecified atom stereocenters. The average Bonchev–Trinajstić information content (AvgIpc) is 2.52. The molecule has 0 heterocycles. The molecule has 0 atom stereocenters. The Kier molecular flexibility index (Phi) is 4.74. The van der Waals surface area contributed by atoms with E-state index in [1.807, 2.05) is 18.2 Å². The molecule has 2 aromatic rings. The lowest BCUT2D eigenvalue weighted by Crippen LogP contribution is -2.01. The lowest BCUT2D eigenvalue weighted by atomic mass is 10.1. The number of nitrogens with zero attached hydrogens (tertiary/aromatic N) is 2. The Labute approximate surface area is 122 Å². The molecular weight excluding hydrogens is 269 g/mol. The van der Waals surface area contributed by atoms with Gasteiger partial charge >= 0.3 is 0 Å². The Bertz CT molecular complexity index is 716. The molecule has 0 aliphatic carbocycles. The van der Waals surface area contributed by atoms with Gasteiger partial charge in [-0.15, -0.1) is 0 Å². The second kappa shape index (κ2) is 6.93. The molecule has 0 fully saturated rings. The molecule has 0 spiro atoms. The van der Waals surface area contributed by atoms with Crippen LogP contribution in [-0.4, -0.2) is 6.61 Å². The fourth-order valence-electron chi connectivity index (χ4n) is 1.78. The highest BCUT2D eigenvalue weighted by molar-refractivity contribution is 5.49. The minimum atomic E-state index is -0.520. The van der Waals surface area contributed by atoms with Crippen molar-refractivity contribution >= 4 is 5.69 Å². The van der Waals surface area contributed by atoms with Gasteiger partial charge in [0.15, 0.2) is 6.61 Å². The van der Waals surface area contributed by atoms with Crippen molar-refractivity contribution in [2.24, 2.45) is 0 Å². The highest BCUT2D eigenvalue weighted by Crippen LogP contribution is 2.18. The van der Waals surface area contributed by atoms with Gasteiger partial charge in [-0.3, -0.25) is 0 Å². The van der Waals surface area contributed by atoms with E-state index in [4.69, 9.17) is 15.3 Å². The summed E-state index contributed by atoms with van der Waals surface area (Å²) in [5, 5.41) is 20.4. The Balaban J connectivity index is 2.03. The fraction of sp³-hybridized carbons (Fsp3) is 0.125. The van der Waals surface area contributed by atoms with Crippen molar-refractivity contribution in [2.75, 3.05) is 11.9 Å². The molecule has 104 valence electrons. The zero-order valence-corrected chi connectivity index (χ0v) is 11.1. The maximum absolute atomic E-state index is 13.2. The second-order valence-electron chi connectivity index (χ2n) is 4.25. The summed E-state index contributed by atoms with van der Waals surface area (Å²) in [5.41, 5.74) is 1.64. The van der Waals surface area contributed by atoms with Crippen LogP contribution in [0.1, 0.15) is 11.1 Å². The van der Waals surface area contributed by atoms with Gasteiger partial charge in [-0.1, -0.05) is 12.1 Å². The van der Waals surface area contributed by atoms with Crippen molar-refractivity contribution in [3.8, 4) is 17.9 Å². The molecule has 0 amide bonds. The first-order valence-electron chi connectivity index (χ1n) is 6.25. The van der Waals surface area contributed by atoms with E-state index < -0.39 is 5.82 Å². The van der Waals surface area contributed by atoms with E-state index in [-0.39, 0.29) is 12.2 Å². The molecule has 0 saturated heterocycles. The van der Waals surface area contributed by atoms with Gasteiger partial charge in [-0.05, 0) is 29.8 Å². The number of nitrogens with one attached hydrogen (secondary N) is 1. The summed E-state index contributed by atoms with van der Waals surface area (Å²) in [5.74, 6) is 0.0755. The number of ether oxygens (including phenoxy) is 1. The van der Waals surface area contributed by atoms with Crippen molar-refractivity contribution in [3.63, 3.8) is 0 Å². The molecule has 0 aliphatic heterocycles. The molecule has 0 aliphatic rings. The van der Waals surface area contributed by atoms with Crippen molar-refractivity contribution in [1.29, 1.82) is 10.5 Å². The highest BCUT2D eigenvalue weighted by Gasteiger charge is 2.03. The minimum absolute atomic E-state index is 0.00700. The second-order valence-corrected chi connectivity index (χ2v) is 4.25. The van der Waals surface area contributed by atoms with E-state index in [2.05, 4.69) is 5.32 Å². The first-order valence-corrected chi connectivity index (χ1v) is 6.25. The van der Waals surface area contributed by atoms with Crippen LogP contribution in [-0.2, 0) is 6.54 Å². The van der Waals surface area contributed by atoms with E-state index in [1.165, 1.54) is 12.1 Å². The molecule has 2 aromatic carbocycles. The van der Waals surface area contributed by atoms with Gasteiger partial charge in [0.25, 0.3) is 0 Å². The number of benzene rings is 2. The number of anilines is 1. The summed E-state index contributed by atoms with van der Waals surface area (Å²) < 4.78 is 18.4. The SMILES string of the molecule is N#CCOc1cccc(NCc2ccc(F)c(C#N)c2)c1. The summed E-state index contributed by atoms with van der Waals surface area (Å²) >= 11 is 0. The van der Waals surface area contributed by atoms with Crippen LogP contribution in [0.5, 0.6) is 5.75 Å². The number of hydrogen-bond donors (Lipinski definition) is 1. The van der Waals surface area contributed by atoms with E-state index in [0.29, 0.717) is 12.3 Å². The van der Waals surface area contributed by atoms with Crippen LogP contribution in [0, 0.1) is 28.5 Å². The molecule has 5 heteroatoms. The lowest BCUT2D eigenvalue weighted by molar-refractivity contribution is 0.368. The summed E-state index contributed by atoms with van der Waals surface area (Å²) in [4.78, 5) is 0. The molecule has 2 rings (SSSR count). The maximum Gasteiger partial charge on any atom is 0.174 e. The van der Waals surface area contributed by atoms with Crippen molar-refractivity contribution in [2.45, 2.75) is 6.54 Å². The number of hydrogen-bond acceptors (Lipinski definition) is 4. The van der Waals surface area contributed by atoms with Gasteiger partial charge in [0, 0.05) is 18.3 Å². The monoisotopic (exact) mass is 281 g/mol. The standard InChI is InChI=1S/C16H12FN3O/c17-16-5-4-12(8-13(16)10-19)11-20-14-2-1-3-15(9-14)21-7-6-18/h1-5,8-9,20H,7,11H2. The lowest BCUT2D eigenvalue weighted by Gasteiger charge is -2.09. The summed E-state index contributed by atoms with van der Waals surface area (Å²) in [6.45, 7) is 0.448. The Morgan fingerprint density at radius 3 is 2.76 bits per heavy atom. The molecule has 1 N–H and O–H groups in total. The topological polar surface area (TPSA) is 68.8 Å². The molecule has 0 radical (unpaired) electrons. The quantitative estimate of drug-likeness (QED) is 0.913. The predicted molar refractivity (Wildman–Crippen MR) is 76.0 cm³/mol.